The summed E-state index contributed by atoms with van der Waals surface area (Å²) in [6, 6.07) is 5.89. The fourth-order valence-electron chi connectivity index (χ4n) is 7.08. The first kappa shape index (κ1) is 32.6. The molecule has 11 heteroatoms. The SMILES string of the molecule is C=CCCCO[C@H]1CCN(C(=O)N[C@H](C(=O)[N+]2(C(=O)OC)C[C@H](Oc3nc4ccccc4nc3C=C)C[C@H]2C)C2CCCC2)C1. The van der Waals surface area contributed by atoms with Gasteiger partial charge in [-0.3, -0.25) is 0 Å². The first-order valence-corrected chi connectivity index (χ1v) is 16.1. The number of allylic oxidation sites excluding steroid dienone is 1. The minimum Gasteiger partial charge on any atom is -0.466 e. The molecule has 45 heavy (non-hydrogen) atoms. The Morgan fingerprint density at radius 2 is 1.84 bits per heavy atom. The molecule has 3 fully saturated rings. The van der Waals surface area contributed by atoms with Crippen molar-refractivity contribution in [2.24, 2.45) is 5.92 Å². The van der Waals surface area contributed by atoms with Crippen molar-refractivity contribution in [2.45, 2.75) is 82.6 Å². The van der Waals surface area contributed by atoms with Crippen LogP contribution in [0.3, 0.4) is 0 Å². The normalized spacial score (nSPS) is 25.6. The van der Waals surface area contributed by atoms with Crippen molar-refractivity contribution in [1.82, 2.24) is 20.2 Å². The van der Waals surface area contributed by atoms with Crippen molar-refractivity contribution in [1.29, 1.82) is 0 Å². The van der Waals surface area contributed by atoms with Crippen LogP contribution in [0.4, 0.5) is 9.59 Å². The number of imide groups is 1. The van der Waals surface area contributed by atoms with Crippen molar-refractivity contribution in [3.05, 3.63) is 49.2 Å². The molecule has 1 saturated carbocycles. The second-order valence-electron chi connectivity index (χ2n) is 12.4. The summed E-state index contributed by atoms with van der Waals surface area (Å²) in [6.07, 6.45) is 8.72. The zero-order valence-electron chi connectivity index (χ0n) is 26.5. The van der Waals surface area contributed by atoms with E-state index in [1.54, 1.807) is 11.0 Å². The molecule has 0 bridgehead atoms. The fourth-order valence-corrected chi connectivity index (χ4v) is 7.08. The number of quaternary nitrogens is 1. The number of methoxy groups -OCH3 is 1. The van der Waals surface area contributed by atoms with Crippen molar-refractivity contribution < 1.29 is 33.1 Å². The van der Waals surface area contributed by atoms with Crippen LogP contribution in [0.5, 0.6) is 5.88 Å². The molecular weight excluding hydrogens is 574 g/mol. The Hall–Kier alpha value is -3.83. The summed E-state index contributed by atoms with van der Waals surface area (Å²) >= 11 is 0. The quantitative estimate of drug-likeness (QED) is 0.206. The molecule has 2 aromatic rings. The van der Waals surface area contributed by atoms with Gasteiger partial charge in [-0.2, -0.15) is 9.28 Å². The van der Waals surface area contributed by atoms with Crippen LogP contribution in [0.15, 0.2) is 43.5 Å². The highest BCUT2D eigenvalue weighted by Gasteiger charge is 2.61. The summed E-state index contributed by atoms with van der Waals surface area (Å²) in [7, 11) is 1.30. The molecule has 11 nitrogen and oxygen atoms in total. The second kappa shape index (κ2) is 14.5. The molecule has 1 aromatic heterocycles. The van der Waals surface area contributed by atoms with Crippen LogP contribution in [0.1, 0.15) is 64.0 Å². The first-order chi connectivity index (χ1) is 21.8. The average molecular weight is 621 g/mol. The number of likely N-dealkylation sites (tertiary alicyclic amines) is 2. The number of rotatable bonds is 11. The third-order valence-corrected chi connectivity index (χ3v) is 9.53. The van der Waals surface area contributed by atoms with Gasteiger partial charge in [-0.05, 0) is 63.2 Å². The molecule has 3 heterocycles. The van der Waals surface area contributed by atoms with Crippen LogP contribution in [0.2, 0.25) is 0 Å². The topological polar surface area (TPSA) is 120 Å². The van der Waals surface area contributed by atoms with E-state index in [1.807, 2.05) is 37.3 Å². The highest BCUT2D eigenvalue weighted by molar-refractivity contribution is 5.89. The number of aromatic nitrogens is 2. The number of para-hydroxylation sites is 2. The largest absolute Gasteiger partial charge is 0.523 e. The Morgan fingerprint density at radius 1 is 1.11 bits per heavy atom. The molecule has 5 atom stereocenters. The molecule has 1 N–H and O–H groups in total. The number of hydrogen-bond donors (Lipinski definition) is 1. The van der Waals surface area contributed by atoms with Crippen LogP contribution in [-0.2, 0) is 14.3 Å². The zero-order chi connectivity index (χ0) is 32.0. The Labute approximate surface area is 265 Å². The molecule has 1 aliphatic carbocycles. The van der Waals surface area contributed by atoms with Crippen LogP contribution < -0.4 is 10.1 Å². The number of carbonyl (C=O) groups excluding carboxylic acids is 3. The molecule has 1 unspecified atom stereocenters. The number of amides is 4. The Bertz CT molecular complexity index is 1410. The predicted molar refractivity (Wildman–Crippen MR) is 170 cm³/mol. The van der Waals surface area contributed by atoms with Gasteiger partial charge in [0.15, 0.2) is 6.10 Å². The van der Waals surface area contributed by atoms with E-state index >= 15 is 0 Å². The van der Waals surface area contributed by atoms with E-state index in [2.05, 4.69) is 28.4 Å². The Balaban J connectivity index is 1.35. The summed E-state index contributed by atoms with van der Waals surface area (Å²) in [6.45, 7) is 11.2. The monoisotopic (exact) mass is 620 g/mol. The van der Waals surface area contributed by atoms with E-state index in [1.165, 1.54) is 7.11 Å². The number of nitrogens with zero attached hydrogens (tertiary/aromatic N) is 4. The van der Waals surface area contributed by atoms with Crippen molar-refractivity contribution >= 4 is 35.1 Å². The number of fused-ring (bicyclic) bond motifs is 1. The number of carbonyl (C=O) groups is 3. The third-order valence-electron chi connectivity index (χ3n) is 9.53. The number of benzene rings is 1. The average Bonchev–Trinajstić information content (AvgIpc) is 3.82. The van der Waals surface area contributed by atoms with Gasteiger partial charge in [0.05, 0.1) is 24.2 Å². The molecule has 2 saturated heterocycles. The van der Waals surface area contributed by atoms with E-state index in [0.717, 1.165) is 44.9 Å². The van der Waals surface area contributed by atoms with Gasteiger partial charge in [0.25, 0.3) is 0 Å². The maximum absolute atomic E-state index is 14.7. The molecule has 0 radical (unpaired) electrons. The standard InChI is InChI=1S/C34H45N5O6/c1-5-7-12-19-44-25-17-18-38(21-25)33(41)37-30(24-13-8-9-14-24)32(40)39(34(42)43-4)22-26(20-23(39)3)45-31-27(6-2)35-28-15-10-11-16-29(28)36-31/h5-6,10-11,15-16,23-26,30H,1-2,7-9,12-14,17-22H2,3-4H3/p+1/t23-,25+,26-,30+,39?/m1/s1. The molecule has 1 aromatic carbocycles. The fraction of sp³-hybridized carbons (Fsp3) is 0.559. The molecule has 3 aliphatic rings. The van der Waals surface area contributed by atoms with E-state index < -0.39 is 28.8 Å². The number of ether oxygens (including phenoxy) is 3. The van der Waals surface area contributed by atoms with E-state index in [9.17, 15) is 14.4 Å². The van der Waals surface area contributed by atoms with Gasteiger partial charge in [-0.1, -0.05) is 37.6 Å². The number of hydrogen-bond acceptors (Lipinski definition) is 8. The maximum Gasteiger partial charge on any atom is 0.523 e. The predicted octanol–water partition coefficient (Wildman–Crippen LogP) is 5.25. The lowest BCUT2D eigenvalue weighted by atomic mass is 9.95. The van der Waals surface area contributed by atoms with Gasteiger partial charge in [-0.25, -0.2) is 19.6 Å². The second-order valence-corrected chi connectivity index (χ2v) is 12.4. The van der Waals surface area contributed by atoms with Crippen molar-refractivity contribution in [2.75, 3.05) is 33.4 Å². The zero-order valence-corrected chi connectivity index (χ0v) is 26.5. The van der Waals surface area contributed by atoms with Crippen molar-refractivity contribution in [3.63, 3.8) is 0 Å². The van der Waals surface area contributed by atoms with E-state index in [-0.39, 0.29) is 30.5 Å². The van der Waals surface area contributed by atoms with Gasteiger partial charge in [-0.15, -0.1) is 6.58 Å². The number of nitrogens with one attached hydrogen (secondary N) is 1. The van der Waals surface area contributed by atoms with Crippen molar-refractivity contribution in [3.8, 4) is 5.88 Å². The van der Waals surface area contributed by atoms with E-state index in [4.69, 9.17) is 14.2 Å². The van der Waals surface area contributed by atoms with Gasteiger partial charge >= 0.3 is 18.0 Å². The Morgan fingerprint density at radius 3 is 2.53 bits per heavy atom. The first-order valence-electron chi connectivity index (χ1n) is 16.1. The molecule has 5 rings (SSSR count). The lowest BCUT2D eigenvalue weighted by Gasteiger charge is -2.36. The number of unbranched alkanes of at least 4 members (excludes halogenated alkanes) is 1. The smallest absolute Gasteiger partial charge is 0.466 e. The van der Waals surface area contributed by atoms with Gasteiger partial charge < -0.3 is 24.4 Å². The molecule has 2 aliphatic heterocycles. The van der Waals surface area contributed by atoms with Gasteiger partial charge in [0, 0.05) is 26.1 Å². The summed E-state index contributed by atoms with van der Waals surface area (Å²) in [5, 5.41) is 3.07. The van der Waals surface area contributed by atoms with E-state index in [0.29, 0.717) is 48.7 Å². The molecule has 0 spiro atoms. The van der Waals surface area contributed by atoms with Crippen LogP contribution in [0, 0.1) is 5.92 Å². The molecular formula is C34H46N5O6+. The van der Waals surface area contributed by atoms with Crippen LogP contribution in [-0.4, -0.2) is 95.0 Å². The van der Waals surface area contributed by atoms with Gasteiger partial charge in [0.1, 0.15) is 24.3 Å². The Kier molecular flexibility index (Phi) is 10.5. The van der Waals surface area contributed by atoms with Crippen LogP contribution in [0.25, 0.3) is 17.1 Å². The number of urea groups is 1. The summed E-state index contributed by atoms with van der Waals surface area (Å²) in [5.74, 6) is -0.125. The highest BCUT2D eigenvalue weighted by Crippen LogP contribution is 2.37. The lowest BCUT2D eigenvalue weighted by Crippen LogP contribution is -2.67. The van der Waals surface area contributed by atoms with Crippen LogP contribution >= 0.6 is 0 Å². The summed E-state index contributed by atoms with van der Waals surface area (Å²) in [5.41, 5.74) is 1.87. The van der Waals surface area contributed by atoms with Gasteiger partial charge in [0.2, 0.25) is 5.88 Å². The summed E-state index contributed by atoms with van der Waals surface area (Å²) in [4.78, 5) is 52.9. The highest BCUT2D eigenvalue weighted by atomic mass is 16.6. The minimum atomic E-state index is -0.836. The third kappa shape index (κ3) is 6.89. The molecule has 4 amide bonds. The molecule has 242 valence electrons. The maximum atomic E-state index is 14.7. The lowest BCUT2D eigenvalue weighted by molar-refractivity contribution is -0.794. The summed E-state index contributed by atoms with van der Waals surface area (Å²) < 4.78 is 17.0. The minimum absolute atomic E-state index is 0.0372.